The van der Waals surface area contributed by atoms with Crippen molar-refractivity contribution in [2.75, 3.05) is 7.11 Å². The first-order valence-electron chi connectivity index (χ1n) is 4.43. The molecule has 0 aliphatic rings. The summed E-state index contributed by atoms with van der Waals surface area (Å²) in [5.41, 5.74) is 6.69. The SMILES string of the molecule is COC(=O)[C@](C)(N)c1ccc(C)cc1. The van der Waals surface area contributed by atoms with E-state index in [-0.39, 0.29) is 0 Å². The van der Waals surface area contributed by atoms with E-state index < -0.39 is 11.5 Å². The molecule has 0 aliphatic heterocycles. The van der Waals surface area contributed by atoms with Crippen LogP contribution in [0.2, 0.25) is 0 Å². The first kappa shape index (κ1) is 10.7. The van der Waals surface area contributed by atoms with Crippen molar-refractivity contribution in [3.63, 3.8) is 0 Å². The van der Waals surface area contributed by atoms with Crippen molar-refractivity contribution in [1.29, 1.82) is 0 Å². The molecule has 1 rings (SSSR count). The molecular formula is C11H15NO2. The molecule has 0 fully saturated rings. The highest BCUT2D eigenvalue weighted by molar-refractivity contribution is 5.81. The van der Waals surface area contributed by atoms with Crippen LogP contribution in [-0.2, 0) is 15.1 Å². The molecule has 2 N–H and O–H groups in total. The minimum Gasteiger partial charge on any atom is -0.467 e. The van der Waals surface area contributed by atoms with Gasteiger partial charge in [0.1, 0.15) is 5.54 Å². The highest BCUT2D eigenvalue weighted by Gasteiger charge is 2.31. The third-order valence-corrected chi connectivity index (χ3v) is 2.26. The molecule has 0 heterocycles. The molecule has 0 unspecified atom stereocenters. The Morgan fingerprint density at radius 1 is 1.36 bits per heavy atom. The molecule has 76 valence electrons. The van der Waals surface area contributed by atoms with Crippen molar-refractivity contribution in [2.24, 2.45) is 5.73 Å². The number of aryl methyl sites for hydroxylation is 1. The fourth-order valence-corrected chi connectivity index (χ4v) is 1.23. The lowest BCUT2D eigenvalue weighted by molar-refractivity contribution is -0.146. The molecule has 3 nitrogen and oxygen atoms in total. The van der Waals surface area contributed by atoms with Crippen LogP contribution in [-0.4, -0.2) is 13.1 Å². The lowest BCUT2D eigenvalue weighted by Gasteiger charge is -2.21. The normalized spacial score (nSPS) is 14.6. The van der Waals surface area contributed by atoms with Crippen molar-refractivity contribution in [2.45, 2.75) is 19.4 Å². The Morgan fingerprint density at radius 2 is 1.86 bits per heavy atom. The van der Waals surface area contributed by atoms with Crippen molar-refractivity contribution in [3.05, 3.63) is 35.4 Å². The van der Waals surface area contributed by atoms with Crippen LogP contribution in [0.25, 0.3) is 0 Å². The number of carbonyl (C=O) groups excluding carboxylic acids is 1. The van der Waals surface area contributed by atoms with Crippen molar-refractivity contribution in [1.82, 2.24) is 0 Å². The summed E-state index contributed by atoms with van der Waals surface area (Å²) in [6.45, 7) is 3.62. The summed E-state index contributed by atoms with van der Waals surface area (Å²) in [6, 6.07) is 7.52. The van der Waals surface area contributed by atoms with Crippen LogP contribution in [0.3, 0.4) is 0 Å². The lowest BCUT2D eigenvalue weighted by Crippen LogP contribution is -2.42. The van der Waals surface area contributed by atoms with E-state index in [2.05, 4.69) is 4.74 Å². The number of ether oxygens (including phenoxy) is 1. The molecule has 0 aliphatic carbocycles. The van der Waals surface area contributed by atoms with Crippen molar-refractivity contribution < 1.29 is 9.53 Å². The molecule has 0 bridgehead atoms. The Morgan fingerprint density at radius 3 is 2.29 bits per heavy atom. The van der Waals surface area contributed by atoms with Gasteiger partial charge >= 0.3 is 5.97 Å². The van der Waals surface area contributed by atoms with Crippen LogP contribution in [0.4, 0.5) is 0 Å². The number of nitrogens with two attached hydrogens (primary N) is 1. The Hall–Kier alpha value is -1.35. The van der Waals surface area contributed by atoms with Gasteiger partial charge in [0.2, 0.25) is 0 Å². The zero-order chi connectivity index (χ0) is 10.8. The minimum atomic E-state index is -1.07. The Bertz CT molecular complexity index is 328. The van der Waals surface area contributed by atoms with Gasteiger partial charge in [0.05, 0.1) is 7.11 Å². The fraction of sp³-hybridized carbons (Fsp3) is 0.364. The molecule has 0 spiro atoms. The molecule has 1 aromatic rings. The second kappa shape index (κ2) is 3.80. The predicted molar refractivity (Wildman–Crippen MR) is 54.7 cm³/mol. The number of esters is 1. The van der Waals surface area contributed by atoms with Gasteiger partial charge in [-0.2, -0.15) is 0 Å². The quantitative estimate of drug-likeness (QED) is 0.721. The van der Waals surface area contributed by atoms with Crippen LogP contribution >= 0.6 is 0 Å². The zero-order valence-corrected chi connectivity index (χ0v) is 8.70. The molecule has 14 heavy (non-hydrogen) atoms. The summed E-state index contributed by atoms with van der Waals surface area (Å²) in [7, 11) is 1.33. The molecule has 0 radical (unpaired) electrons. The minimum absolute atomic E-state index is 0.429. The molecule has 1 aromatic carbocycles. The van der Waals surface area contributed by atoms with Gasteiger partial charge in [-0.15, -0.1) is 0 Å². The summed E-state index contributed by atoms with van der Waals surface area (Å²) < 4.78 is 4.64. The maximum atomic E-state index is 11.4. The van der Waals surface area contributed by atoms with Gasteiger partial charge in [-0.25, -0.2) is 4.79 Å². The molecule has 0 aromatic heterocycles. The predicted octanol–water partition coefficient (Wildman–Crippen LogP) is 1.34. The van der Waals surface area contributed by atoms with E-state index >= 15 is 0 Å². The van der Waals surface area contributed by atoms with Crippen LogP contribution in [0, 0.1) is 6.92 Å². The molecule has 0 saturated heterocycles. The van der Waals surface area contributed by atoms with Gasteiger partial charge in [-0.1, -0.05) is 29.8 Å². The van der Waals surface area contributed by atoms with Gasteiger partial charge < -0.3 is 10.5 Å². The molecule has 3 heteroatoms. The molecule has 1 atom stereocenters. The molecular weight excluding hydrogens is 178 g/mol. The lowest BCUT2D eigenvalue weighted by atomic mass is 9.93. The summed E-state index contributed by atoms with van der Waals surface area (Å²) in [4.78, 5) is 11.4. The van der Waals surface area contributed by atoms with Crippen LogP contribution in [0.15, 0.2) is 24.3 Å². The highest BCUT2D eigenvalue weighted by Crippen LogP contribution is 2.19. The van der Waals surface area contributed by atoms with E-state index in [9.17, 15) is 4.79 Å². The monoisotopic (exact) mass is 193 g/mol. The van der Waals surface area contributed by atoms with E-state index in [1.807, 2.05) is 31.2 Å². The third kappa shape index (κ3) is 1.93. The maximum Gasteiger partial charge on any atom is 0.330 e. The smallest absolute Gasteiger partial charge is 0.330 e. The Balaban J connectivity index is 3.03. The van der Waals surface area contributed by atoms with E-state index in [1.165, 1.54) is 7.11 Å². The van der Waals surface area contributed by atoms with Crippen LogP contribution in [0.5, 0.6) is 0 Å². The number of hydrogen-bond acceptors (Lipinski definition) is 3. The van der Waals surface area contributed by atoms with Gasteiger partial charge in [0.15, 0.2) is 0 Å². The number of benzene rings is 1. The van der Waals surface area contributed by atoms with Crippen LogP contribution < -0.4 is 5.73 Å². The highest BCUT2D eigenvalue weighted by atomic mass is 16.5. The third-order valence-electron chi connectivity index (χ3n) is 2.26. The standard InChI is InChI=1S/C11H15NO2/c1-8-4-6-9(7-5-8)11(2,12)10(13)14-3/h4-7H,12H2,1-3H3/t11-/m1/s1. The van der Waals surface area contributed by atoms with Crippen LogP contribution in [0.1, 0.15) is 18.1 Å². The summed E-state index contributed by atoms with van der Waals surface area (Å²) >= 11 is 0. The summed E-state index contributed by atoms with van der Waals surface area (Å²) in [5, 5.41) is 0. The second-order valence-electron chi connectivity index (χ2n) is 3.56. The van der Waals surface area contributed by atoms with E-state index in [1.54, 1.807) is 6.92 Å². The van der Waals surface area contributed by atoms with E-state index in [4.69, 9.17) is 5.73 Å². The van der Waals surface area contributed by atoms with Crippen molar-refractivity contribution in [3.8, 4) is 0 Å². The largest absolute Gasteiger partial charge is 0.467 e. The number of hydrogen-bond donors (Lipinski definition) is 1. The Kier molecular flexibility index (Phi) is 2.91. The fourth-order valence-electron chi connectivity index (χ4n) is 1.23. The van der Waals surface area contributed by atoms with E-state index in [0.717, 1.165) is 11.1 Å². The van der Waals surface area contributed by atoms with E-state index in [0.29, 0.717) is 0 Å². The second-order valence-corrected chi connectivity index (χ2v) is 3.56. The average Bonchev–Trinajstić information content (AvgIpc) is 2.17. The van der Waals surface area contributed by atoms with Gasteiger partial charge in [-0.05, 0) is 19.4 Å². The summed E-state index contributed by atoms with van der Waals surface area (Å²) in [6.07, 6.45) is 0. The maximum absolute atomic E-state index is 11.4. The van der Waals surface area contributed by atoms with Gasteiger partial charge in [0, 0.05) is 0 Å². The molecule has 0 amide bonds. The topological polar surface area (TPSA) is 52.3 Å². The first-order chi connectivity index (χ1) is 6.48. The number of rotatable bonds is 2. The number of methoxy groups -OCH3 is 1. The van der Waals surface area contributed by atoms with Gasteiger partial charge in [0.25, 0.3) is 0 Å². The first-order valence-corrected chi connectivity index (χ1v) is 4.43. The average molecular weight is 193 g/mol. The zero-order valence-electron chi connectivity index (χ0n) is 8.70. The van der Waals surface area contributed by atoms with Gasteiger partial charge in [-0.3, -0.25) is 0 Å². The molecule has 0 saturated carbocycles. The summed E-state index contributed by atoms with van der Waals surface area (Å²) in [5.74, 6) is -0.429. The van der Waals surface area contributed by atoms with Crippen molar-refractivity contribution >= 4 is 5.97 Å². The Labute approximate surface area is 83.9 Å². The number of carbonyl (C=O) groups is 1.